The van der Waals surface area contributed by atoms with Crippen molar-refractivity contribution in [3.05, 3.63) is 0 Å². The monoisotopic (exact) mass is 203 g/mol. The van der Waals surface area contributed by atoms with Crippen LogP contribution in [0.5, 0.6) is 0 Å². The fourth-order valence-corrected chi connectivity index (χ4v) is 1.01. The Balaban J connectivity index is 4.40. The van der Waals surface area contributed by atoms with E-state index in [9.17, 15) is 9.59 Å². The Kier molecular flexibility index (Phi) is 5.15. The van der Waals surface area contributed by atoms with E-state index in [2.05, 4.69) is 5.32 Å². The molecule has 2 N–H and O–H groups in total. The molecule has 0 aliphatic rings. The van der Waals surface area contributed by atoms with Crippen LogP contribution in [0.2, 0.25) is 0 Å². The molecule has 0 saturated heterocycles. The van der Waals surface area contributed by atoms with Crippen molar-refractivity contribution in [2.24, 2.45) is 5.41 Å². The number of amides is 1. The van der Waals surface area contributed by atoms with E-state index < -0.39 is 17.3 Å². The average Bonchev–Trinajstić information content (AvgIpc) is 2.16. The number of carbonyl (C=O) groups is 2. The molecule has 0 fully saturated rings. The summed E-state index contributed by atoms with van der Waals surface area (Å²) in [6, 6.07) is 0. The predicted molar refractivity (Wildman–Crippen MR) is 50.9 cm³/mol. The van der Waals surface area contributed by atoms with Gasteiger partial charge in [0.1, 0.15) is 5.41 Å². The molecule has 1 atom stereocenters. The molecule has 1 unspecified atom stereocenters. The van der Waals surface area contributed by atoms with Gasteiger partial charge in [-0.1, -0.05) is 0 Å². The number of carboxylic acids is 1. The van der Waals surface area contributed by atoms with E-state index in [1.807, 2.05) is 6.92 Å². The molecule has 0 aromatic heterocycles. The molecule has 0 bridgehead atoms. The van der Waals surface area contributed by atoms with Crippen molar-refractivity contribution in [2.45, 2.75) is 20.3 Å². The molecule has 82 valence electrons. The summed E-state index contributed by atoms with van der Waals surface area (Å²) in [6.45, 7) is 4.00. The van der Waals surface area contributed by atoms with E-state index in [1.54, 1.807) is 0 Å². The number of rotatable bonds is 6. The van der Waals surface area contributed by atoms with Crippen LogP contribution in [-0.2, 0) is 14.3 Å². The van der Waals surface area contributed by atoms with Gasteiger partial charge in [0.05, 0.1) is 0 Å². The first-order valence-electron chi connectivity index (χ1n) is 4.52. The molecule has 5 heteroatoms. The Labute approximate surface area is 83.4 Å². The second-order valence-electron chi connectivity index (χ2n) is 3.16. The topological polar surface area (TPSA) is 75.6 Å². The maximum Gasteiger partial charge on any atom is 0.319 e. The summed E-state index contributed by atoms with van der Waals surface area (Å²) in [7, 11) is 1.42. The summed E-state index contributed by atoms with van der Waals surface area (Å²) in [5.41, 5.74) is -1.40. The Morgan fingerprint density at radius 2 is 2.07 bits per heavy atom. The van der Waals surface area contributed by atoms with Gasteiger partial charge in [0, 0.05) is 20.3 Å². The lowest BCUT2D eigenvalue weighted by Crippen LogP contribution is -2.43. The lowest BCUT2D eigenvalue weighted by molar-refractivity contribution is -0.155. The first-order valence-corrected chi connectivity index (χ1v) is 4.52. The number of aliphatic carboxylic acids is 1. The molecule has 14 heavy (non-hydrogen) atoms. The molecule has 0 rings (SSSR count). The zero-order valence-corrected chi connectivity index (χ0v) is 8.79. The molecule has 5 nitrogen and oxygen atoms in total. The third kappa shape index (κ3) is 2.99. The van der Waals surface area contributed by atoms with Gasteiger partial charge in [-0.05, 0) is 20.3 Å². The van der Waals surface area contributed by atoms with E-state index in [-0.39, 0.29) is 13.0 Å². The van der Waals surface area contributed by atoms with E-state index in [1.165, 1.54) is 14.0 Å². The van der Waals surface area contributed by atoms with Crippen molar-refractivity contribution in [1.29, 1.82) is 0 Å². The smallest absolute Gasteiger partial charge is 0.319 e. The van der Waals surface area contributed by atoms with E-state index in [4.69, 9.17) is 9.84 Å². The third-order valence-electron chi connectivity index (χ3n) is 2.15. The molecule has 0 aromatic carbocycles. The molecule has 0 aromatic rings. The number of carboxylic acid groups (broad SMARTS) is 1. The maximum absolute atomic E-state index is 11.3. The second-order valence-corrected chi connectivity index (χ2v) is 3.16. The SMILES string of the molecule is CCOCCC(C)(C(=O)O)C(=O)NC. The molecule has 0 aliphatic heterocycles. The van der Waals surface area contributed by atoms with Gasteiger partial charge in [0.25, 0.3) is 0 Å². The summed E-state index contributed by atoms with van der Waals surface area (Å²) in [5, 5.41) is 11.3. The first-order chi connectivity index (χ1) is 6.49. The molecular weight excluding hydrogens is 186 g/mol. The van der Waals surface area contributed by atoms with Crippen molar-refractivity contribution < 1.29 is 19.4 Å². The highest BCUT2D eigenvalue weighted by Crippen LogP contribution is 2.21. The summed E-state index contributed by atoms with van der Waals surface area (Å²) >= 11 is 0. The Bertz CT molecular complexity index is 217. The fraction of sp³-hybridized carbons (Fsp3) is 0.778. The number of nitrogens with one attached hydrogen (secondary N) is 1. The lowest BCUT2D eigenvalue weighted by atomic mass is 9.86. The Morgan fingerprint density at radius 1 is 1.50 bits per heavy atom. The minimum atomic E-state index is -1.40. The van der Waals surface area contributed by atoms with Crippen molar-refractivity contribution >= 4 is 11.9 Å². The maximum atomic E-state index is 11.3. The lowest BCUT2D eigenvalue weighted by Gasteiger charge is -2.22. The van der Waals surface area contributed by atoms with Gasteiger partial charge in [0.2, 0.25) is 5.91 Å². The zero-order valence-electron chi connectivity index (χ0n) is 8.79. The van der Waals surface area contributed by atoms with Crippen LogP contribution in [0.1, 0.15) is 20.3 Å². The van der Waals surface area contributed by atoms with Crippen LogP contribution in [0.15, 0.2) is 0 Å². The van der Waals surface area contributed by atoms with Gasteiger partial charge in [-0.15, -0.1) is 0 Å². The zero-order chi connectivity index (χ0) is 11.2. The minimum absolute atomic E-state index is 0.176. The fourth-order valence-electron chi connectivity index (χ4n) is 1.01. The molecule has 0 radical (unpaired) electrons. The Hall–Kier alpha value is -1.10. The number of hydrogen-bond acceptors (Lipinski definition) is 3. The van der Waals surface area contributed by atoms with Crippen molar-refractivity contribution in [2.75, 3.05) is 20.3 Å². The van der Waals surface area contributed by atoms with Crippen molar-refractivity contribution in [1.82, 2.24) is 5.32 Å². The summed E-state index contributed by atoms with van der Waals surface area (Å²) in [4.78, 5) is 22.2. The standard InChI is InChI=1S/C9H17NO4/c1-4-14-6-5-9(2,8(12)13)7(11)10-3/h4-6H2,1-3H3,(H,10,11)(H,12,13). The van der Waals surface area contributed by atoms with Crippen LogP contribution in [-0.4, -0.2) is 37.2 Å². The molecular formula is C9H17NO4. The first kappa shape index (κ1) is 12.9. The number of ether oxygens (including phenoxy) is 1. The van der Waals surface area contributed by atoms with Crippen molar-refractivity contribution in [3.8, 4) is 0 Å². The second kappa shape index (κ2) is 5.59. The highest BCUT2D eigenvalue weighted by Gasteiger charge is 2.40. The van der Waals surface area contributed by atoms with Gasteiger partial charge < -0.3 is 15.2 Å². The van der Waals surface area contributed by atoms with Crippen LogP contribution >= 0.6 is 0 Å². The van der Waals surface area contributed by atoms with Crippen LogP contribution in [0.4, 0.5) is 0 Å². The summed E-state index contributed by atoms with van der Waals surface area (Å²) < 4.78 is 5.03. The van der Waals surface area contributed by atoms with E-state index >= 15 is 0 Å². The number of carbonyl (C=O) groups excluding carboxylic acids is 1. The van der Waals surface area contributed by atoms with Crippen LogP contribution in [0, 0.1) is 5.41 Å². The van der Waals surface area contributed by atoms with Gasteiger partial charge >= 0.3 is 5.97 Å². The molecule has 0 spiro atoms. The van der Waals surface area contributed by atoms with E-state index in [0.29, 0.717) is 6.61 Å². The largest absolute Gasteiger partial charge is 0.480 e. The highest BCUT2D eigenvalue weighted by atomic mass is 16.5. The summed E-state index contributed by atoms with van der Waals surface area (Å²) in [6.07, 6.45) is 0.176. The van der Waals surface area contributed by atoms with Crippen LogP contribution in [0.25, 0.3) is 0 Å². The van der Waals surface area contributed by atoms with Crippen LogP contribution in [0.3, 0.4) is 0 Å². The van der Waals surface area contributed by atoms with Gasteiger partial charge in [0.15, 0.2) is 0 Å². The highest BCUT2D eigenvalue weighted by molar-refractivity contribution is 6.01. The molecule has 0 aliphatic carbocycles. The molecule has 1 amide bonds. The minimum Gasteiger partial charge on any atom is -0.480 e. The summed E-state index contributed by atoms with van der Waals surface area (Å²) in [5.74, 6) is -1.62. The van der Waals surface area contributed by atoms with Crippen LogP contribution < -0.4 is 5.32 Å². The quantitative estimate of drug-likeness (QED) is 0.479. The van der Waals surface area contributed by atoms with Gasteiger partial charge in [-0.2, -0.15) is 0 Å². The normalized spacial score (nSPS) is 14.5. The molecule has 0 heterocycles. The Morgan fingerprint density at radius 3 is 2.43 bits per heavy atom. The number of hydrogen-bond donors (Lipinski definition) is 2. The van der Waals surface area contributed by atoms with Crippen molar-refractivity contribution in [3.63, 3.8) is 0 Å². The predicted octanol–water partition coefficient (Wildman–Crippen LogP) is 0.250. The average molecular weight is 203 g/mol. The van der Waals surface area contributed by atoms with Gasteiger partial charge in [-0.25, -0.2) is 0 Å². The van der Waals surface area contributed by atoms with E-state index in [0.717, 1.165) is 0 Å². The molecule has 0 saturated carbocycles. The third-order valence-corrected chi connectivity index (χ3v) is 2.15. The van der Waals surface area contributed by atoms with Gasteiger partial charge in [-0.3, -0.25) is 9.59 Å².